The topological polar surface area (TPSA) is 23.5 Å². The molecule has 19 heavy (non-hydrogen) atoms. The monoisotopic (exact) mass is 255 g/mol. The molecule has 0 radical (unpaired) electrons. The van der Waals surface area contributed by atoms with Gasteiger partial charge in [-0.25, -0.2) is 0 Å². The van der Waals surface area contributed by atoms with Gasteiger partial charge in [0.1, 0.15) is 0 Å². The van der Waals surface area contributed by atoms with E-state index in [1.54, 1.807) is 0 Å². The Bertz CT molecular complexity index is 509. The molecule has 0 bridgehead atoms. The second kappa shape index (κ2) is 5.35. The van der Waals surface area contributed by atoms with Crippen molar-refractivity contribution < 1.29 is 5.11 Å². The number of aliphatic hydroxyl groups excluding tert-OH is 1. The summed E-state index contributed by atoms with van der Waals surface area (Å²) in [6.07, 6.45) is 7.74. The highest BCUT2D eigenvalue weighted by molar-refractivity contribution is 5.42. The van der Waals surface area contributed by atoms with Gasteiger partial charge < -0.3 is 10.0 Å². The molecular formula is C17H21NO. The van der Waals surface area contributed by atoms with Gasteiger partial charge in [0.25, 0.3) is 0 Å². The predicted octanol–water partition coefficient (Wildman–Crippen LogP) is 4.14. The highest BCUT2D eigenvalue weighted by Gasteiger charge is 2.30. The molecule has 0 saturated heterocycles. The van der Waals surface area contributed by atoms with E-state index in [0.717, 1.165) is 12.1 Å². The van der Waals surface area contributed by atoms with Gasteiger partial charge in [0.15, 0.2) is 5.88 Å². The van der Waals surface area contributed by atoms with E-state index in [1.165, 1.54) is 5.56 Å². The molecule has 0 spiro atoms. The summed E-state index contributed by atoms with van der Waals surface area (Å²) in [5, 5.41) is 10.5. The van der Waals surface area contributed by atoms with Gasteiger partial charge >= 0.3 is 0 Å². The summed E-state index contributed by atoms with van der Waals surface area (Å²) in [5.41, 5.74) is 1.80. The molecule has 1 aromatic carbocycles. The van der Waals surface area contributed by atoms with Crippen molar-refractivity contribution in [2.24, 2.45) is 0 Å². The molecule has 1 aliphatic carbocycles. The van der Waals surface area contributed by atoms with Crippen LogP contribution in [-0.2, 0) is 5.54 Å². The van der Waals surface area contributed by atoms with Gasteiger partial charge in [-0.1, -0.05) is 42.5 Å². The van der Waals surface area contributed by atoms with E-state index < -0.39 is 0 Å². The number of allylic oxidation sites excluding steroid dienone is 5. The molecule has 0 atom stereocenters. The lowest BCUT2D eigenvalue weighted by molar-refractivity contribution is 0.0970. The third kappa shape index (κ3) is 2.58. The zero-order chi connectivity index (χ0) is 13.9. The first-order valence-corrected chi connectivity index (χ1v) is 6.68. The van der Waals surface area contributed by atoms with Gasteiger partial charge in [0.05, 0.1) is 5.54 Å². The molecule has 2 nitrogen and oxygen atoms in total. The summed E-state index contributed by atoms with van der Waals surface area (Å²) in [7, 11) is 0. The molecular weight excluding hydrogens is 234 g/mol. The first kappa shape index (κ1) is 13.5. The number of aliphatic hydroxyl groups is 1. The van der Waals surface area contributed by atoms with Crippen molar-refractivity contribution in [2.45, 2.75) is 26.3 Å². The summed E-state index contributed by atoms with van der Waals surface area (Å²) in [4.78, 5) is 2.03. The van der Waals surface area contributed by atoms with E-state index in [1.807, 2.05) is 47.4 Å². The van der Waals surface area contributed by atoms with Crippen LogP contribution in [-0.4, -0.2) is 16.6 Å². The Kier molecular flexibility index (Phi) is 3.79. The number of hydrogen-bond donors (Lipinski definition) is 1. The molecule has 1 aliphatic rings. The van der Waals surface area contributed by atoms with E-state index in [2.05, 4.69) is 32.9 Å². The third-order valence-corrected chi connectivity index (χ3v) is 3.65. The lowest BCUT2D eigenvalue weighted by Crippen LogP contribution is -2.41. The van der Waals surface area contributed by atoms with Crippen molar-refractivity contribution >= 4 is 0 Å². The van der Waals surface area contributed by atoms with E-state index in [-0.39, 0.29) is 5.54 Å². The molecule has 0 unspecified atom stereocenters. The van der Waals surface area contributed by atoms with Crippen LogP contribution in [0.4, 0.5) is 0 Å². The Morgan fingerprint density at radius 3 is 2.21 bits per heavy atom. The van der Waals surface area contributed by atoms with Gasteiger partial charge in [-0.15, -0.1) is 0 Å². The van der Waals surface area contributed by atoms with Gasteiger partial charge in [0, 0.05) is 12.1 Å². The van der Waals surface area contributed by atoms with Gasteiger partial charge in [-0.3, -0.25) is 0 Å². The molecule has 0 aromatic heterocycles. The van der Waals surface area contributed by atoms with Crippen LogP contribution >= 0.6 is 0 Å². The van der Waals surface area contributed by atoms with Crippen LogP contribution in [0.3, 0.4) is 0 Å². The van der Waals surface area contributed by atoms with Crippen molar-refractivity contribution in [1.82, 2.24) is 4.90 Å². The summed E-state index contributed by atoms with van der Waals surface area (Å²) in [5.74, 6) is 0.335. The Labute approximate surface area is 115 Å². The number of hydrogen-bond acceptors (Lipinski definition) is 2. The molecule has 100 valence electrons. The fourth-order valence-corrected chi connectivity index (χ4v) is 2.49. The quantitative estimate of drug-likeness (QED) is 0.817. The molecule has 1 N–H and O–H groups in total. The fraction of sp³-hybridized carbons (Fsp3) is 0.294. The van der Waals surface area contributed by atoms with Gasteiger partial charge in [-0.05, 0) is 38.5 Å². The van der Waals surface area contributed by atoms with Crippen molar-refractivity contribution in [1.29, 1.82) is 0 Å². The van der Waals surface area contributed by atoms with E-state index in [4.69, 9.17) is 0 Å². The smallest absolute Gasteiger partial charge is 0.194 e. The number of nitrogens with zero attached hydrogens (tertiary/aromatic N) is 1. The molecule has 0 heterocycles. The summed E-state index contributed by atoms with van der Waals surface area (Å²) in [6.45, 7) is 7.07. The van der Waals surface area contributed by atoms with Crippen LogP contribution in [0.1, 0.15) is 26.3 Å². The van der Waals surface area contributed by atoms with Crippen molar-refractivity contribution in [3.05, 3.63) is 71.7 Å². The van der Waals surface area contributed by atoms with E-state index in [9.17, 15) is 5.11 Å². The molecule has 2 rings (SSSR count). The maximum atomic E-state index is 10.5. The zero-order valence-electron chi connectivity index (χ0n) is 11.8. The lowest BCUT2D eigenvalue weighted by atomic mass is 9.92. The molecule has 0 fully saturated rings. The maximum Gasteiger partial charge on any atom is 0.194 e. The highest BCUT2D eigenvalue weighted by atomic mass is 16.3. The Balaban J connectivity index is 2.39. The first-order chi connectivity index (χ1) is 9.07. The summed E-state index contributed by atoms with van der Waals surface area (Å²) >= 11 is 0. The van der Waals surface area contributed by atoms with Gasteiger partial charge in [0.2, 0.25) is 0 Å². The Morgan fingerprint density at radius 2 is 1.68 bits per heavy atom. The average Bonchev–Trinajstić information content (AvgIpc) is 2.94. The largest absolute Gasteiger partial charge is 0.494 e. The Morgan fingerprint density at radius 1 is 1.11 bits per heavy atom. The number of rotatable bonds is 4. The molecule has 0 aliphatic heterocycles. The van der Waals surface area contributed by atoms with Crippen LogP contribution in [0.2, 0.25) is 0 Å². The van der Waals surface area contributed by atoms with Crippen molar-refractivity contribution in [3.63, 3.8) is 0 Å². The third-order valence-electron chi connectivity index (χ3n) is 3.65. The second-order valence-electron chi connectivity index (χ2n) is 5.17. The van der Waals surface area contributed by atoms with Crippen LogP contribution in [0, 0.1) is 0 Å². The van der Waals surface area contributed by atoms with E-state index >= 15 is 0 Å². The SMILES string of the molecule is CCN(C(O)=C1C=CC=C1)C(C)(C)c1ccccc1. The van der Waals surface area contributed by atoms with Crippen molar-refractivity contribution in [3.8, 4) is 0 Å². The van der Waals surface area contributed by atoms with Gasteiger partial charge in [-0.2, -0.15) is 0 Å². The lowest BCUT2D eigenvalue weighted by Gasteiger charge is -2.39. The van der Waals surface area contributed by atoms with Crippen LogP contribution < -0.4 is 0 Å². The summed E-state index contributed by atoms with van der Waals surface area (Å²) in [6, 6.07) is 10.3. The molecule has 1 aromatic rings. The molecule has 2 heteroatoms. The highest BCUT2D eigenvalue weighted by Crippen LogP contribution is 2.31. The van der Waals surface area contributed by atoms with Crippen LogP contribution in [0.5, 0.6) is 0 Å². The first-order valence-electron chi connectivity index (χ1n) is 6.68. The van der Waals surface area contributed by atoms with E-state index in [0.29, 0.717) is 5.88 Å². The number of benzene rings is 1. The normalized spacial score (nSPS) is 13.9. The minimum Gasteiger partial charge on any atom is -0.494 e. The fourth-order valence-electron chi connectivity index (χ4n) is 2.49. The van der Waals surface area contributed by atoms with Crippen molar-refractivity contribution in [2.75, 3.05) is 6.54 Å². The Hall–Kier alpha value is -1.96. The standard InChI is InChI=1S/C17H21NO/c1-4-18(16(19)14-10-8-9-11-14)17(2,3)15-12-6-5-7-13-15/h5-13,19H,4H2,1-3H3. The average molecular weight is 255 g/mol. The minimum atomic E-state index is -0.253. The second-order valence-corrected chi connectivity index (χ2v) is 5.17. The van der Waals surface area contributed by atoms with Crippen LogP contribution in [0.15, 0.2) is 66.1 Å². The predicted molar refractivity (Wildman–Crippen MR) is 79.8 cm³/mol. The molecule has 0 amide bonds. The van der Waals surface area contributed by atoms with Crippen LogP contribution in [0.25, 0.3) is 0 Å². The minimum absolute atomic E-state index is 0.253. The zero-order valence-corrected chi connectivity index (χ0v) is 11.8. The summed E-state index contributed by atoms with van der Waals surface area (Å²) < 4.78 is 0. The molecule has 0 saturated carbocycles. The maximum absolute atomic E-state index is 10.5.